The third kappa shape index (κ3) is 5.50. The van der Waals surface area contributed by atoms with Crippen LogP contribution in [-0.2, 0) is 14.9 Å². The molecule has 1 atom stereocenters. The summed E-state index contributed by atoms with van der Waals surface area (Å²) in [5, 5.41) is 8.24. The van der Waals surface area contributed by atoms with Gasteiger partial charge in [-0.1, -0.05) is 23.4 Å². The fourth-order valence-electron chi connectivity index (χ4n) is 5.84. The molecule has 1 fully saturated rings. The molecule has 0 bridgehead atoms. The normalized spacial score (nSPS) is 15.6. The molecular weight excluding hydrogens is 647 g/mol. The number of hydroxylamine groups is 1. The lowest BCUT2D eigenvalue weighted by molar-refractivity contribution is 0.0454. The average molecular weight is 677 g/mol. The fraction of sp³-hybridized carbons (Fsp3) is 0.242. The second-order valence-electron chi connectivity index (χ2n) is 11.5. The molecule has 0 spiro atoms. The lowest BCUT2D eigenvalue weighted by Gasteiger charge is -2.35. The second kappa shape index (κ2) is 11.9. The summed E-state index contributed by atoms with van der Waals surface area (Å²) < 4.78 is 62.0. The maximum atomic E-state index is 14.4. The molecule has 14 heteroatoms. The van der Waals surface area contributed by atoms with Gasteiger partial charge in [0.25, 0.3) is 0 Å². The summed E-state index contributed by atoms with van der Waals surface area (Å²) in [6.45, 7) is 4.16. The number of aromatic nitrogens is 4. The number of halogens is 2. The summed E-state index contributed by atoms with van der Waals surface area (Å²) in [4.78, 5) is 16.3. The molecule has 0 unspecified atom stereocenters. The molecule has 0 amide bonds. The van der Waals surface area contributed by atoms with Gasteiger partial charge in [0, 0.05) is 36.7 Å². The third-order valence-electron chi connectivity index (χ3n) is 8.21. The minimum absolute atomic E-state index is 0.188. The molecule has 10 nitrogen and oxygen atoms in total. The molecule has 1 aliphatic heterocycles. The fourth-order valence-corrected chi connectivity index (χ4v) is 7.60. The Morgan fingerprint density at radius 3 is 2.43 bits per heavy atom. The van der Waals surface area contributed by atoms with Crippen molar-refractivity contribution in [2.45, 2.75) is 37.6 Å². The first kappa shape index (κ1) is 31.1. The Balaban J connectivity index is 1.36. The first-order valence-electron chi connectivity index (χ1n) is 14.8. The Bertz CT molecular complexity index is 2210. The number of thiazole rings is 1. The molecular formula is C33H30F2N6O4S2. The Kier molecular flexibility index (Phi) is 7.91. The molecule has 0 saturated carbocycles. The van der Waals surface area contributed by atoms with Crippen LogP contribution in [0.3, 0.4) is 0 Å². The van der Waals surface area contributed by atoms with Gasteiger partial charge in [-0.25, -0.2) is 36.5 Å². The van der Waals surface area contributed by atoms with E-state index in [1.165, 1.54) is 35.8 Å². The molecule has 0 aliphatic carbocycles. The summed E-state index contributed by atoms with van der Waals surface area (Å²) >= 11 is 1.41. The minimum Gasteiger partial charge on any atom is -0.361 e. The highest BCUT2D eigenvalue weighted by Gasteiger charge is 2.32. The van der Waals surface area contributed by atoms with Gasteiger partial charge in [-0.2, -0.15) is 0 Å². The molecule has 3 aromatic heterocycles. The van der Waals surface area contributed by atoms with Crippen molar-refractivity contribution in [2.75, 3.05) is 25.8 Å². The van der Waals surface area contributed by atoms with Crippen LogP contribution in [0.25, 0.3) is 38.5 Å². The van der Waals surface area contributed by atoms with E-state index < -0.39 is 27.7 Å². The molecule has 1 saturated heterocycles. The summed E-state index contributed by atoms with van der Waals surface area (Å²) in [6.07, 6.45) is 1.36. The molecule has 3 aromatic carbocycles. The Hall–Kier alpha value is -4.50. The van der Waals surface area contributed by atoms with E-state index in [1.807, 2.05) is 42.0 Å². The highest BCUT2D eigenvalue weighted by molar-refractivity contribution is 7.89. The zero-order chi connectivity index (χ0) is 33.0. The highest BCUT2D eigenvalue weighted by atomic mass is 32.2. The number of nitrogens with zero attached hydrogens (tertiary/aromatic N) is 6. The number of hydrogen-bond donors (Lipinski definition) is 0. The van der Waals surface area contributed by atoms with Gasteiger partial charge < -0.3 is 4.52 Å². The van der Waals surface area contributed by atoms with Crippen molar-refractivity contribution in [1.82, 2.24) is 24.0 Å². The van der Waals surface area contributed by atoms with Crippen LogP contribution in [0.2, 0.25) is 0 Å². The number of hydrogen-bond acceptors (Lipinski definition) is 9. The van der Waals surface area contributed by atoms with Gasteiger partial charge in [0.1, 0.15) is 17.6 Å². The maximum Gasteiger partial charge on any atom is 0.242 e. The van der Waals surface area contributed by atoms with E-state index in [4.69, 9.17) is 19.3 Å². The average Bonchev–Trinajstić information content (AvgIpc) is 3.78. The van der Waals surface area contributed by atoms with E-state index in [0.717, 1.165) is 46.5 Å². The van der Waals surface area contributed by atoms with Crippen LogP contribution in [0.4, 0.5) is 14.5 Å². The minimum atomic E-state index is -3.57. The van der Waals surface area contributed by atoms with Gasteiger partial charge in [-0.15, -0.1) is 11.3 Å². The molecule has 4 heterocycles. The largest absolute Gasteiger partial charge is 0.361 e. The van der Waals surface area contributed by atoms with Crippen LogP contribution in [0, 0.1) is 25.5 Å². The van der Waals surface area contributed by atoms with Gasteiger partial charge in [0.05, 0.1) is 39.6 Å². The van der Waals surface area contributed by atoms with Gasteiger partial charge in [-0.3, -0.25) is 9.40 Å². The predicted octanol–water partition coefficient (Wildman–Crippen LogP) is 7.22. The molecule has 6 aromatic rings. The van der Waals surface area contributed by atoms with Crippen LogP contribution < -0.4 is 5.06 Å². The van der Waals surface area contributed by atoms with Crippen molar-refractivity contribution in [3.63, 3.8) is 0 Å². The molecule has 1 aliphatic rings. The van der Waals surface area contributed by atoms with E-state index in [9.17, 15) is 17.2 Å². The number of sulfonamides is 1. The lowest BCUT2D eigenvalue weighted by Crippen LogP contribution is -2.35. The Labute approximate surface area is 273 Å². The third-order valence-corrected chi connectivity index (χ3v) is 10.9. The van der Waals surface area contributed by atoms with Gasteiger partial charge >= 0.3 is 0 Å². The van der Waals surface area contributed by atoms with E-state index in [-0.39, 0.29) is 4.90 Å². The number of fused-ring (bicyclic) bond motifs is 1. The molecule has 7 rings (SSSR count). The van der Waals surface area contributed by atoms with Gasteiger partial charge in [0.15, 0.2) is 16.8 Å². The molecule has 242 valence electrons. The van der Waals surface area contributed by atoms with E-state index >= 15 is 0 Å². The number of imidazole rings is 1. The number of aryl methyl sites for hydroxylation is 2. The summed E-state index contributed by atoms with van der Waals surface area (Å²) in [6, 6.07) is 15.8. The second-order valence-corrected chi connectivity index (χ2v) is 14.4. The maximum absolute atomic E-state index is 14.4. The number of benzene rings is 3. The summed E-state index contributed by atoms with van der Waals surface area (Å²) in [5.74, 6) is -0.597. The van der Waals surface area contributed by atoms with Crippen molar-refractivity contribution in [2.24, 2.45) is 0 Å². The van der Waals surface area contributed by atoms with Crippen LogP contribution >= 0.6 is 11.3 Å². The van der Waals surface area contributed by atoms with Crippen molar-refractivity contribution < 1.29 is 26.6 Å². The SMILES string of the molecule is Cc1noc(C)c1-c1ccc2c(c1)nc([C@@H]1CCCON1c1ccc(F)c(F)c1)n2-c1nc(-c2ccc(S(=O)(=O)N(C)C)cc2)cs1. The molecule has 0 radical (unpaired) electrons. The zero-order valence-electron chi connectivity index (χ0n) is 25.9. The first-order chi connectivity index (χ1) is 22.5. The zero-order valence-corrected chi connectivity index (χ0v) is 27.6. The lowest BCUT2D eigenvalue weighted by atomic mass is 10.0. The Morgan fingerprint density at radius 1 is 0.957 bits per heavy atom. The van der Waals surface area contributed by atoms with Gasteiger partial charge in [0.2, 0.25) is 10.0 Å². The summed E-state index contributed by atoms with van der Waals surface area (Å²) in [5.41, 5.74) is 5.83. The van der Waals surface area contributed by atoms with Crippen LogP contribution in [0.1, 0.15) is 36.2 Å². The quantitative estimate of drug-likeness (QED) is 0.175. The Morgan fingerprint density at radius 2 is 1.72 bits per heavy atom. The van der Waals surface area contributed by atoms with Gasteiger partial charge in [-0.05, 0) is 68.7 Å². The first-order valence-corrected chi connectivity index (χ1v) is 17.2. The van der Waals surface area contributed by atoms with Crippen molar-refractivity contribution >= 4 is 38.1 Å². The van der Waals surface area contributed by atoms with Crippen LogP contribution in [-0.4, -0.2) is 53.1 Å². The monoisotopic (exact) mass is 676 g/mol. The van der Waals surface area contributed by atoms with Crippen LogP contribution in [0.5, 0.6) is 0 Å². The molecule has 0 N–H and O–H groups in total. The standard InChI is InChI=1S/C33H30F2N6O4S2/c1-19-31(20(2)45-38-19)22-9-14-29-27(16-22)36-32(30-6-5-15-44-41(30)23-10-13-25(34)26(35)17-23)40(29)33-37-28(18-46-33)21-7-11-24(12-8-21)47(42,43)39(3)4/h7-14,16-18,30H,5-6,15H2,1-4H3/t30-/m0/s1. The number of anilines is 1. The summed E-state index contributed by atoms with van der Waals surface area (Å²) in [7, 11) is -0.592. The van der Waals surface area contributed by atoms with Crippen molar-refractivity contribution in [1.29, 1.82) is 0 Å². The molecule has 47 heavy (non-hydrogen) atoms. The smallest absolute Gasteiger partial charge is 0.242 e. The number of rotatable bonds is 7. The predicted molar refractivity (Wildman–Crippen MR) is 175 cm³/mol. The van der Waals surface area contributed by atoms with E-state index in [0.29, 0.717) is 46.6 Å². The van der Waals surface area contributed by atoms with E-state index in [2.05, 4.69) is 5.16 Å². The van der Waals surface area contributed by atoms with Crippen molar-refractivity contribution in [3.05, 3.63) is 95.0 Å². The topological polar surface area (TPSA) is 107 Å². The van der Waals surface area contributed by atoms with Crippen molar-refractivity contribution in [3.8, 4) is 27.5 Å². The highest BCUT2D eigenvalue weighted by Crippen LogP contribution is 2.39. The van der Waals surface area contributed by atoms with E-state index in [1.54, 1.807) is 29.3 Å². The van der Waals surface area contributed by atoms with Crippen LogP contribution in [0.15, 0.2) is 75.5 Å².